The topological polar surface area (TPSA) is 68.0 Å². The highest BCUT2D eigenvalue weighted by atomic mass is 79.9. The maximum atomic E-state index is 10.9. The minimum absolute atomic E-state index is 0.342. The van der Waals surface area contributed by atoms with E-state index in [1.165, 1.54) is 0 Å². The van der Waals surface area contributed by atoms with Gasteiger partial charge in [0.25, 0.3) is 0 Å². The summed E-state index contributed by atoms with van der Waals surface area (Å²) in [6.07, 6.45) is 0.959. The van der Waals surface area contributed by atoms with E-state index < -0.39 is 8.28 Å². The number of aliphatic imine (C=N–C) groups is 1. The standard InChI is InChI=1S/C9H15Br2N3O3/c1-13(2)8(9(10,11)14(15)16)12-5-7-3-4-17-6-7/h7H,3-6H2,1-2H3. The van der Waals surface area contributed by atoms with Crippen molar-refractivity contribution < 1.29 is 9.66 Å². The van der Waals surface area contributed by atoms with Crippen LogP contribution in [0.25, 0.3) is 0 Å². The molecule has 0 saturated carbocycles. The van der Waals surface area contributed by atoms with Gasteiger partial charge >= 0.3 is 3.36 Å². The molecule has 0 aromatic rings. The van der Waals surface area contributed by atoms with Gasteiger partial charge in [0.2, 0.25) is 5.84 Å². The largest absolute Gasteiger partial charge is 0.382 e. The third-order valence-corrected chi connectivity index (χ3v) is 3.73. The first-order chi connectivity index (χ1) is 7.85. The molecule has 1 unspecified atom stereocenters. The first kappa shape index (κ1) is 14.8. The predicted octanol–water partition coefficient (Wildman–Crippen LogP) is 1.70. The summed E-state index contributed by atoms with van der Waals surface area (Å²) in [6.45, 7) is 1.97. The van der Waals surface area contributed by atoms with Crippen LogP contribution in [0, 0.1) is 16.0 Å². The van der Waals surface area contributed by atoms with Crippen LogP contribution in [0.2, 0.25) is 0 Å². The summed E-state index contributed by atoms with van der Waals surface area (Å²) in [5, 5.41) is 10.9. The Morgan fingerprint density at radius 1 is 1.65 bits per heavy atom. The van der Waals surface area contributed by atoms with E-state index in [2.05, 4.69) is 36.9 Å². The van der Waals surface area contributed by atoms with E-state index in [0.29, 0.717) is 24.9 Å². The van der Waals surface area contributed by atoms with Gasteiger partial charge in [-0.05, 0) is 6.42 Å². The van der Waals surface area contributed by atoms with E-state index in [4.69, 9.17) is 4.74 Å². The molecule has 0 bridgehead atoms. The fraction of sp³-hybridized carbons (Fsp3) is 0.889. The average molecular weight is 373 g/mol. The van der Waals surface area contributed by atoms with Gasteiger partial charge in [0.05, 0.1) is 11.5 Å². The van der Waals surface area contributed by atoms with Crippen molar-refractivity contribution in [3.63, 3.8) is 0 Å². The zero-order valence-electron chi connectivity index (χ0n) is 9.73. The van der Waals surface area contributed by atoms with Crippen molar-refractivity contribution in [2.45, 2.75) is 9.78 Å². The summed E-state index contributed by atoms with van der Waals surface area (Å²) in [6, 6.07) is 0. The van der Waals surface area contributed by atoms with Gasteiger partial charge in [0.15, 0.2) is 0 Å². The molecule has 1 fully saturated rings. The number of rotatable bonds is 4. The van der Waals surface area contributed by atoms with Gasteiger partial charge in [-0.1, -0.05) is 0 Å². The Morgan fingerprint density at radius 3 is 2.71 bits per heavy atom. The van der Waals surface area contributed by atoms with Gasteiger partial charge in [-0.25, -0.2) is 0 Å². The molecule has 1 heterocycles. The van der Waals surface area contributed by atoms with Crippen molar-refractivity contribution >= 4 is 37.7 Å². The maximum Gasteiger partial charge on any atom is 0.382 e. The van der Waals surface area contributed by atoms with Crippen molar-refractivity contribution in [2.24, 2.45) is 10.9 Å². The van der Waals surface area contributed by atoms with Crippen molar-refractivity contribution in [1.29, 1.82) is 0 Å². The number of ether oxygens (including phenoxy) is 1. The highest BCUT2D eigenvalue weighted by Crippen LogP contribution is 2.30. The van der Waals surface area contributed by atoms with E-state index in [9.17, 15) is 10.1 Å². The molecule has 0 amide bonds. The van der Waals surface area contributed by atoms with Crippen LogP contribution in [0.3, 0.4) is 0 Å². The molecule has 98 valence electrons. The minimum atomic E-state index is -1.52. The Bertz CT molecular complexity index is 315. The lowest BCUT2D eigenvalue weighted by Crippen LogP contribution is -2.43. The molecule has 1 atom stereocenters. The number of nitro groups is 1. The number of alkyl halides is 2. The molecule has 0 spiro atoms. The van der Waals surface area contributed by atoms with Crippen LogP contribution in [-0.2, 0) is 4.74 Å². The molecular weight excluding hydrogens is 358 g/mol. The quantitative estimate of drug-likeness (QED) is 0.188. The zero-order valence-corrected chi connectivity index (χ0v) is 12.9. The van der Waals surface area contributed by atoms with Crippen molar-refractivity contribution in [3.8, 4) is 0 Å². The molecule has 0 N–H and O–H groups in total. The molecule has 0 aromatic carbocycles. The van der Waals surface area contributed by atoms with Gasteiger partial charge in [-0.3, -0.25) is 15.1 Å². The van der Waals surface area contributed by atoms with E-state index >= 15 is 0 Å². The monoisotopic (exact) mass is 371 g/mol. The van der Waals surface area contributed by atoms with E-state index in [-0.39, 0.29) is 0 Å². The highest BCUT2D eigenvalue weighted by molar-refractivity contribution is 9.25. The summed E-state index contributed by atoms with van der Waals surface area (Å²) in [4.78, 5) is 16.4. The molecule has 6 nitrogen and oxygen atoms in total. The highest BCUT2D eigenvalue weighted by Gasteiger charge is 2.44. The van der Waals surface area contributed by atoms with Crippen molar-refractivity contribution in [2.75, 3.05) is 33.9 Å². The predicted molar refractivity (Wildman–Crippen MR) is 72.5 cm³/mol. The summed E-state index contributed by atoms with van der Waals surface area (Å²) < 4.78 is 3.72. The molecule has 0 aliphatic carbocycles. The summed E-state index contributed by atoms with van der Waals surface area (Å²) in [7, 11) is 3.45. The SMILES string of the molecule is CN(C)C(=NCC1CCOC1)C(Br)(Br)[N+](=O)[O-]. The number of likely N-dealkylation sites (N-methyl/N-ethyl adjacent to an activating group) is 1. The van der Waals surface area contributed by atoms with Crippen LogP contribution in [0.4, 0.5) is 0 Å². The average Bonchev–Trinajstić information content (AvgIpc) is 2.69. The fourth-order valence-corrected chi connectivity index (χ4v) is 2.49. The molecular formula is C9H15Br2N3O3. The molecule has 1 saturated heterocycles. The lowest BCUT2D eigenvalue weighted by Gasteiger charge is -2.21. The Morgan fingerprint density at radius 2 is 2.29 bits per heavy atom. The number of hydrogen-bond acceptors (Lipinski definition) is 4. The first-order valence-corrected chi connectivity index (χ1v) is 6.76. The van der Waals surface area contributed by atoms with Crippen LogP contribution in [0.1, 0.15) is 6.42 Å². The van der Waals surface area contributed by atoms with Crippen LogP contribution >= 0.6 is 31.9 Å². The fourth-order valence-electron chi connectivity index (χ4n) is 1.53. The van der Waals surface area contributed by atoms with Crippen molar-refractivity contribution in [3.05, 3.63) is 10.1 Å². The lowest BCUT2D eigenvalue weighted by molar-refractivity contribution is -0.486. The van der Waals surface area contributed by atoms with Gasteiger partial charge in [-0.15, -0.1) is 0 Å². The molecule has 0 radical (unpaired) electrons. The summed E-state index contributed by atoms with van der Waals surface area (Å²) in [5.74, 6) is 0.696. The molecule has 1 rings (SSSR count). The minimum Gasteiger partial charge on any atom is -0.381 e. The van der Waals surface area contributed by atoms with Crippen LogP contribution in [0.5, 0.6) is 0 Å². The number of halogens is 2. The summed E-state index contributed by atoms with van der Waals surface area (Å²) >= 11 is 6.07. The lowest BCUT2D eigenvalue weighted by atomic mass is 10.1. The molecule has 0 aromatic heterocycles. The van der Waals surface area contributed by atoms with Crippen LogP contribution in [-0.4, -0.2) is 52.9 Å². The second kappa shape index (κ2) is 6.10. The number of nitrogens with zero attached hydrogens (tertiary/aromatic N) is 3. The Labute approximate surface area is 117 Å². The first-order valence-electron chi connectivity index (χ1n) is 5.18. The third-order valence-electron chi connectivity index (χ3n) is 2.45. The zero-order chi connectivity index (χ0) is 13.1. The smallest absolute Gasteiger partial charge is 0.381 e. The molecule has 17 heavy (non-hydrogen) atoms. The second-order valence-electron chi connectivity index (χ2n) is 4.09. The van der Waals surface area contributed by atoms with Gasteiger partial charge in [-0.2, -0.15) is 0 Å². The van der Waals surface area contributed by atoms with Crippen LogP contribution < -0.4 is 0 Å². The molecule has 1 aliphatic rings. The second-order valence-corrected chi connectivity index (χ2v) is 7.45. The van der Waals surface area contributed by atoms with Crippen molar-refractivity contribution in [1.82, 2.24) is 4.90 Å². The van der Waals surface area contributed by atoms with Gasteiger partial charge in [0.1, 0.15) is 0 Å². The van der Waals surface area contributed by atoms with E-state index in [0.717, 1.165) is 13.0 Å². The Balaban J connectivity index is 2.77. The Hall–Kier alpha value is -0.210. The van der Waals surface area contributed by atoms with Crippen LogP contribution in [0.15, 0.2) is 4.99 Å². The van der Waals surface area contributed by atoms with E-state index in [1.54, 1.807) is 19.0 Å². The Kier molecular flexibility index (Phi) is 5.33. The third kappa shape index (κ3) is 3.89. The number of hydrogen-bond donors (Lipinski definition) is 0. The van der Waals surface area contributed by atoms with E-state index in [1.807, 2.05) is 0 Å². The molecule has 1 aliphatic heterocycles. The van der Waals surface area contributed by atoms with Gasteiger partial charge < -0.3 is 9.64 Å². The maximum absolute atomic E-state index is 10.9. The normalized spacial score (nSPS) is 21.6. The van der Waals surface area contributed by atoms with Gasteiger partial charge in [0, 0.05) is 65.0 Å². The molecule has 8 heteroatoms. The summed E-state index contributed by atoms with van der Waals surface area (Å²) in [5.41, 5.74) is 0. The number of amidine groups is 1.